The van der Waals surface area contributed by atoms with E-state index in [2.05, 4.69) is 20.3 Å². The monoisotopic (exact) mass is 289 g/mol. The normalized spacial score (nSPS) is 15.9. The Balaban J connectivity index is 1.86. The number of nitrogens with two attached hydrogens (primary N) is 1. The number of benzene rings is 1. The molecule has 3 N–H and O–H groups in total. The molecular weight excluding hydrogens is 274 g/mol. The van der Waals surface area contributed by atoms with Crippen LogP contribution in [0.1, 0.15) is 30.3 Å². The summed E-state index contributed by atoms with van der Waals surface area (Å²) in [5.41, 5.74) is 6.85. The predicted molar refractivity (Wildman–Crippen MR) is 79.5 cm³/mol. The van der Waals surface area contributed by atoms with Crippen LogP contribution in [-0.4, -0.2) is 15.0 Å². The number of hydrogen-bond acceptors (Lipinski definition) is 5. The van der Waals surface area contributed by atoms with Gasteiger partial charge < -0.3 is 11.1 Å². The van der Waals surface area contributed by atoms with Gasteiger partial charge in [0.2, 0.25) is 11.9 Å². The Morgan fingerprint density at radius 3 is 2.50 bits per heavy atom. The van der Waals surface area contributed by atoms with E-state index in [9.17, 15) is 0 Å². The van der Waals surface area contributed by atoms with Crippen LogP contribution in [0, 0.1) is 12.8 Å². The maximum atomic E-state index is 5.94. The summed E-state index contributed by atoms with van der Waals surface area (Å²) in [6.45, 7) is 1.80. The number of aromatic nitrogens is 3. The van der Waals surface area contributed by atoms with Gasteiger partial charge >= 0.3 is 0 Å². The van der Waals surface area contributed by atoms with Gasteiger partial charge in [-0.1, -0.05) is 23.7 Å². The Morgan fingerprint density at radius 2 is 1.90 bits per heavy atom. The van der Waals surface area contributed by atoms with Gasteiger partial charge in [0.15, 0.2) is 0 Å². The average molecular weight is 290 g/mol. The fraction of sp³-hybridized carbons (Fsp3) is 0.357. The van der Waals surface area contributed by atoms with Gasteiger partial charge in [0.1, 0.15) is 5.82 Å². The first-order valence-electron chi connectivity index (χ1n) is 6.62. The number of rotatable bonds is 4. The molecule has 5 nitrogen and oxygen atoms in total. The van der Waals surface area contributed by atoms with Gasteiger partial charge in [0.05, 0.1) is 6.04 Å². The van der Waals surface area contributed by atoms with Gasteiger partial charge in [0, 0.05) is 5.02 Å². The molecule has 0 amide bonds. The smallest absolute Gasteiger partial charge is 0.228 e. The number of nitrogen functional groups attached to an aromatic ring is 1. The van der Waals surface area contributed by atoms with Crippen molar-refractivity contribution in [2.75, 3.05) is 11.1 Å². The van der Waals surface area contributed by atoms with Crippen molar-refractivity contribution in [1.82, 2.24) is 15.0 Å². The molecule has 1 aliphatic carbocycles. The molecule has 1 aromatic heterocycles. The molecule has 2 aromatic rings. The second-order valence-electron chi connectivity index (χ2n) is 5.08. The van der Waals surface area contributed by atoms with E-state index in [1.807, 2.05) is 24.3 Å². The first-order valence-corrected chi connectivity index (χ1v) is 7.00. The molecule has 1 heterocycles. The minimum absolute atomic E-state index is 0.188. The highest BCUT2D eigenvalue weighted by atomic mass is 35.5. The van der Waals surface area contributed by atoms with Crippen molar-refractivity contribution >= 4 is 23.5 Å². The molecule has 1 aliphatic rings. The number of halogens is 1. The fourth-order valence-electron chi connectivity index (χ4n) is 2.28. The van der Waals surface area contributed by atoms with Gasteiger partial charge in [-0.05, 0) is 43.4 Å². The first-order chi connectivity index (χ1) is 9.61. The van der Waals surface area contributed by atoms with E-state index in [4.69, 9.17) is 17.3 Å². The fourth-order valence-corrected chi connectivity index (χ4v) is 2.41. The van der Waals surface area contributed by atoms with Crippen LogP contribution in [-0.2, 0) is 0 Å². The quantitative estimate of drug-likeness (QED) is 0.905. The van der Waals surface area contributed by atoms with E-state index >= 15 is 0 Å². The zero-order valence-electron chi connectivity index (χ0n) is 11.2. The van der Waals surface area contributed by atoms with Crippen molar-refractivity contribution in [1.29, 1.82) is 0 Å². The summed E-state index contributed by atoms with van der Waals surface area (Å²) in [4.78, 5) is 12.4. The Bertz CT molecular complexity index is 589. The lowest BCUT2D eigenvalue weighted by atomic mass is 10.0. The van der Waals surface area contributed by atoms with Crippen molar-refractivity contribution < 1.29 is 0 Å². The van der Waals surface area contributed by atoms with E-state index in [1.165, 1.54) is 18.4 Å². The molecule has 20 heavy (non-hydrogen) atoms. The largest absolute Gasteiger partial charge is 0.368 e. The third-order valence-corrected chi connectivity index (χ3v) is 3.62. The Kier molecular flexibility index (Phi) is 3.44. The summed E-state index contributed by atoms with van der Waals surface area (Å²) in [5, 5.41) is 4.11. The van der Waals surface area contributed by atoms with Crippen molar-refractivity contribution in [3.05, 3.63) is 40.7 Å². The van der Waals surface area contributed by atoms with Crippen LogP contribution < -0.4 is 11.1 Å². The van der Waals surface area contributed by atoms with E-state index in [0.29, 0.717) is 17.7 Å². The maximum absolute atomic E-state index is 5.94. The molecule has 0 bridgehead atoms. The summed E-state index contributed by atoms with van der Waals surface area (Å²) in [6, 6.07) is 8.07. The number of anilines is 2. The molecule has 6 heteroatoms. The highest BCUT2D eigenvalue weighted by Crippen LogP contribution is 2.42. The molecule has 1 unspecified atom stereocenters. The minimum Gasteiger partial charge on any atom is -0.368 e. The van der Waals surface area contributed by atoms with E-state index in [1.54, 1.807) is 6.92 Å². The summed E-state index contributed by atoms with van der Waals surface area (Å²) in [5.74, 6) is 1.99. The van der Waals surface area contributed by atoms with Crippen molar-refractivity contribution in [2.45, 2.75) is 25.8 Å². The topological polar surface area (TPSA) is 76.7 Å². The van der Waals surface area contributed by atoms with E-state index in [-0.39, 0.29) is 12.0 Å². The second-order valence-corrected chi connectivity index (χ2v) is 5.51. The minimum atomic E-state index is 0.188. The Hall–Kier alpha value is -1.88. The molecule has 1 fully saturated rings. The summed E-state index contributed by atoms with van der Waals surface area (Å²) >= 11 is 5.94. The third-order valence-electron chi connectivity index (χ3n) is 3.37. The van der Waals surface area contributed by atoms with E-state index in [0.717, 1.165) is 5.02 Å². The van der Waals surface area contributed by atoms with Crippen LogP contribution in [0.15, 0.2) is 24.3 Å². The molecule has 0 spiro atoms. The van der Waals surface area contributed by atoms with Crippen LogP contribution in [0.5, 0.6) is 0 Å². The highest BCUT2D eigenvalue weighted by Gasteiger charge is 2.32. The SMILES string of the molecule is Cc1nc(N)nc(NC(c2ccc(Cl)cc2)C2CC2)n1. The molecule has 1 aromatic carbocycles. The zero-order valence-corrected chi connectivity index (χ0v) is 11.9. The van der Waals surface area contributed by atoms with Gasteiger partial charge in [-0.15, -0.1) is 0 Å². The highest BCUT2D eigenvalue weighted by molar-refractivity contribution is 6.30. The standard InChI is InChI=1S/C14H16ClN5/c1-8-17-13(16)20-14(18-8)19-12(9-2-3-9)10-4-6-11(15)7-5-10/h4-7,9,12H,2-3H2,1H3,(H3,16,17,18,19,20). The maximum Gasteiger partial charge on any atom is 0.228 e. The van der Waals surface area contributed by atoms with Crippen LogP contribution >= 0.6 is 11.6 Å². The van der Waals surface area contributed by atoms with Crippen molar-refractivity contribution in [2.24, 2.45) is 5.92 Å². The number of hydrogen-bond donors (Lipinski definition) is 2. The van der Waals surface area contributed by atoms with E-state index < -0.39 is 0 Å². The lowest BCUT2D eigenvalue weighted by Gasteiger charge is -2.19. The molecule has 1 atom stereocenters. The van der Waals surface area contributed by atoms with Gasteiger partial charge in [-0.3, -0.25) is 0 Å². The summed E-state index contributed by atoms with van der Waals surface area (Å²) < 4.78 is 0. The number of aryl methyl sites for hydroxylation is 1. The predicted octanol–water partition coefficient (Wildman–Crippen LogP) is 2.98. The van der Waals surface area contributed by atoms with Crippen LogP contribution in [0.25, 0.3) is 0 Å². The summed E-state index contributed by atoms with van der Waals surface area (Å²) in [6.07, 6.45) is 2.42. The molecule has 1 saturated carbocycles. The van der Waals surface area contributed by atoms with Crippen LogP contribution in [0.2, 0.25) is 5.02 Å². The average Bonchev–Trinajstić information content (AvgIpc) is 3.20. The molecule has 104 valence electrons. The summed E-state index contributed by atoms with van der Waals surface area (Å²) in [7, 11) is 0. The Morgan fingerprint density at radius 1 is 1.20 bits per heavy atom. The third kappa shape index (κ3) is 2.99. The van der Waals surface area contributed by atoms with Crippen molar-refractivity contribution in [3.63, 3.8) is 0 Å². The lowest BCUT2D eigenvalue weighted by Crippen LogP contribution is -2.16. The van der Waals surface area contributed by atoms with Gasteiger partial charge in [-0.2, -0.15) is 15.0 Å². The molecule has 0 radical (unpaired) electrons. The Labute approximate surface area is 122 Å². The van der Waals surface area contributed by atoms with Crippen LogP contribution in [0.4, 0.5) is 11.9 Å². The molecule has 0 aliphatic heterocycles. The molecular formula is C14H16ClN5. The second kappa shape index (κ2) is 5.25. The molecule has 3 rings (SSSR count). The molecule has 0 saturated heterocycles. The van der Waals surface area contributed by atoms with Crippen LogP contribution in [0.3, 0.4) is 0 Å². The van der Waals surface area contributed by atoms with Gasteiger partial charge in [0.25, 0.3) is 0 Å². The first kappa shape index (κ1) is 13.1. The van der Waals surface area contributed by atoms with Crippen molar-refractivity contribution in [3.8, 4) is 0 Å². The lowest BCUT2D eigenvalue weighted by molar-refractivity contribution is 0.669. The number of nitrogens with one attached hydrogen (secondary N) is 1. The number of nitrogens with zero attached hydrogens (tertiary/aromatic N) is 3. The van der Waals surface area contributed by atoms with Gasteiger partial charge in [-0.25, -0.2) is 0 Å². The zero-order chi connectivity index (χ0) is 14.1.